The Balaban J connectivity index is 1.17. The van der Waals surface area contributed by atoms with E-state index < -0.39 is 0 Å². The van der Waals surface area contributed by atoms with E-state index in [4.69, 9.17) is 17.3 Å². The lowest BCUT2D eigenvalue weighted by molar-refractivity contribution is -0.126. The number of amides is 1. The number of hydrogen-bond acceptors (Lipinski definition) is 4. The SMILES string of the molecule is Cc1ccc(CNC(=O)C2CCN(Cn3nc(C4CC4)n(Cc4ccccc4)c3=S)CC2)cc1F. The number of likely N-dealkylation sites (tertiary alicyclic amines) is 1. The number of nitrogens with one attached hydrogen (secondary N) is 1. The van der Waals surface area contributed by atoms with E-state index in [1.807, 2.05) is 16.8 Å². The number of benzene rings is 2. The highest BCUT2D eigenvalue weighted by molar-refractivity contribution is 7.71. The van der Waals surface area contributed by atoms with Crippen molar-refractivity contribution >= 4 is 18.1 Å². The van der Waals surface area contributed by atoms with Crippen LogP contribution in [0.15, 0.2) is 48.5 Å². The Morgan fingerprint density at radius 3 is 2.51 bits per heavy atom. The highest BCUT2D eigenvalue weighted by atomic mass is 32.1. The molecule has 0 atom stereocenters. The van der Waals surface area contributed by atoms with Crippen LogP contribution in [0.25, 0.3) is 0 Å². The van der Waals surface area contributed by atoms with E-state index in [0.717, 1.165) is 48.6 Å². The summed E-state index contributed by atoms with van der Waals surface area (Å²) in [5.74, 6) is 1.40. The van der Waals surface area contributed by atoms with Crippen molar-refractivity contribution < 1.29 is 9.18 Å². The van der Waals surface area contributed by atoms with Gasteiger partial charge in [-0.3, -0.25) is 14.3 Å². The Bertz CT molecular complexity index is 1240. The Labute approximate surface area is 210 Å². The number of halogens is 1. The number of aromatic nitrogens is 3. The first kappa shape index (κ1) is 23.9. The normalized spacial score (nSPS) is 17.0. The van der Waals surface area contributed by atoms with Gasteiger partial charge in [0, 0.05) is 31.5 Å². The molecule has 2 fully saturated rings. The van der Waals surface area contributed by atoms with Gasteiger partial charge in [0.1, 0.15) is 11.6 Å². The fraction of sp³-hybridized carbons (Fsp3) is 0.444. The van der Waals surface area contributed by atoms with E-state index in [1.54, 1.807) is 13.0 Å². The molecular weight excluding hydrogens is 461 g/mol. The van der Waals surface area contributed by atoms with Crippen molar-refractivity contribution in [3.05, 3.63) is 81.6 Å². The predicted molar refractivity (Wildman–Crippen MR) is 136 cm³/mol. The van der Waals surface area contributed by atoms with Gasteiger partial charge in [-0.2, -0.15) is 5.10 Å². The summed E-state index contributed by atoms with van der Waals surface area (Å²) in [5, 5.41) is 7.90. The van der Waals surface area contributed by atoms with Gasteiger partial charge in [-0.1, -0.05) is 42.5 Å². The molecule has 3 aromatic rings. The average Bonchev–Trinajstić information content (AvgIpc) is 3.67. The number of carbonyl (C=O) groups excluding carboxylic acids is 1. The first-order valence-electron chi connectivity index (χ1n) is 12.4. The lowest BCUT2D eigenvalue weighted by Crippen LogP contribution is -2.41. The van der Waals surface area contributed by atoms with Gasteiger partial charge in [-0.15, -0.1) is 0 Å². The van der Waals surface area contributed by atoms with Crippen LogP contribution in [0.2, 0.25) is 0 Å². The van der Waals surface area contributed by atoms with E-state index in [9.17, 15) is 9.18 Å². The number of carbonyl (C=O) groups is 1. The lowest BCUT2D eigenvalue weighted by atomic mass is 9.96. The van der Waals surface area contributed by atoms with E-state index in [2.05, 4.69) is 39.0 Å². The van der Waals surface area contributed by atoms with Crippen LogP contribution in [0.4, 0.5) is 4.39 Å². The summed E-state index contributed by atoms with van der Waals surface area (Å²) in [7, 11) is 0. The molecule has 8 heteroatoms. The summed E-state index contributed by atoms with van der Waals surface area (Å²) >= 11 is 5.84. The van der Waals surface area contributed by atoms with E-state index >= 15 is 0 Å². The molecule has 1 aliphatic heterocycles. The van der Waals surface area contributed by atoms with Crippen molar-refractivity contribution in [1.29, 1.82) is 0 Å². The van der Waals surface area contributed by atoms with Crippen LogP contribution in [0.1, 0.15) is 54.1 Å². The van der Waals surface area contributed by atoms with Crippen LogP contribution >= 0.6 is 12.2 Å². The van der Waals surface area contributed by atoms with Crippen LogP contribution in [0.5, 0.6) is 0 Å². The van der Waals surface area contributed by atoms with Crippen LogP contribution in [0, 0.1) is 23.4 Å². The summed E-state index contributed by atoms with van der Waals surface area (Å²) in [6.45, 7) is 5.13. The van der Waals surface area contributed by atoms with Crippen LogP contribution in [-0.4, -0.2) is 38.2 Å². The maximum Gasteiger partial charge on any atom is 0.223 e. The lowest BCUT2D eigenvalue weighted by Gasteiger charge is -2.31. The largest absolute Gasteiger partial charge is 0.352 e. The zero-order chi connectivity index (χ0) is 24.4. The van der Waals surface area contributed by atoms with E-state index in [-0.39, 0.29) is 17.6 Å². The highest BCUT2D eigenvalue weighted by Crippen LogP contribution is 2.39. The monoisotopic (exact) mass is 493 g/mol. The number of nitrogens with zero attached hydrogens (tertiary/aromatic N) is 4. The third-order valence-electron chi connectivity index (χ3n) is 7.07. The Morgan fingerprint density at radius 1 is 1.09 bits per heavy atom. The molecule has 1 aromatic heterocycles. The molecule has 2 aromatic carbocycles. The fourth-order valence-corrected chi connectivity index (χ4v) is 4.97. The van der Waals surface area contributed by atoms with Gasteiger partial charge < -0.3 is 5.32 Å². The third-order valence-corrected chi connectivity index (χ3v) is 7.50. The molecule has 0 spiro atoms. The molecule has 0 radical (unpaired) electrons. The van der Waals surface area contributed by atoms with Gasteiger partial charge in [-0.25, -0.2) is 9.07 Å². The number of piperidine rings is 1. The summed E-state index contributed by atoms with van der Waals surface area (Å²) in [6.07, 6.45) is 3.94. The minimum Gasteiger partial charge on any atom is -0.352 e. The zero-order valence-corrected chi connectivity index (χ0v) is 20.9. The van der Waals surface area contributed by atoms with Crippen LogP contribution in [-0.2, 0) is 24.6 Å². The standard InChI is InChI=1S/C27H32FN5OS/c1-19-7-8-21(15-24(19)28)16-29-26(34)23-11-13-31(14-12-23)18-33-27(35)32(25(30-33)22-9-10-22)17-20-5-3-2-4-6-20/h2-8,15,22-23H,9-14,16-18H2,1H3,(H,29,34). The zero-order valence-electron chi connectivity index (χ0n) is 20.1. The first-order valence-corrected chi connectivity index (χ1v) is 12.9. The maximum atomic E-state index is 13.8. The van der Waals surface area contributed by atoms with Crippen molar-refractivity contribution in [2.75, 3.05) is 13.1 Å². The summed E-state index contributed by atoms with van der Waals surface area (Å²) in [4.78, 5) is 15.0. The molecule has 6 nitrogen and oxygen atoms in total. The van der Waals surface area contributed by atoms with Gasteiger partial charge in [0.25, 0.3) is 0 Å². The molecule has 5 rings (SSSR count). The molecule has 1 amide bonds. The van der Waals surface area contributed by atoms with Crippen LogP contribution in [0.3, 0.4) is 0 Å². The molecule has 35 heavy (non-hydrogen) atoms. The van der Waals surface area contributed by atoms with Gasteiger partial charge in [0.2, 0.25) is 5.91 Å². The second-order valence-electron chi connectivity index (χ2n) is 9.82. The molecule has 1 saturated carbocycles. The Hall–Kier alpha value is -2.84. The smallest absolute Gasteiger partial charge is 0.223 e. The molecule has 184 valence electrons. The second kappa shape index (κ2) is 10.4. The molecule has 0 unspecified atom stereocenters. The quantitative estimate of drug-likeness (QED) is 0.459. The molecule has 0 bridgehead atoms. The summed E-state index contributed by atoms with van der Waals surface area (Å²) < 4.78 is 18.7. The number of hydrogen-bond donors (Lipinski definition) is 1. The van der Waals surface area contributed by atoms with Crippen molar-refractivity contribution in [2.24, 2.45) is 5.92 Å². The summed E-state index contributed by atoms with van der Waals surface area (Å²) in [5.41, 5.74) is 2.62. The molecule has 1 aliphatic carbocycles. The second-order valence-corrected chi connectivity index (χ2v) is 10.2. The van der Waals surface area contributed by atoms with Gasteiger partial charge in [-0.05, 0) is 67.6 Å². The van der Waals surface area contributed by atoms with E-state index in [1.165, 1.54) is 24.5 Å². The molecule has 2 aliphatic rings. The topological polar surface area (TPSA) is 55.1 Å². The van der Waals surface area contributed by atoms with E-state index in [0.29, 0.717) is 24.7 Å². The molecule has 1 saturated heterocycles. The van der Waals surface area contributed by atoms with Crippen molar-refractivity contribution in [2.45, 2.75) is 58.3 Å². The number of rotatable bonds is 8. The van der Waals surface area contributed by atoms with Gasteiger partial charge >= 0.3 is 0 Å². The predicted octanol–water partition coefficient (Wildman–Crippen LogP) is 4.77. The minimum atomic E-state index is -0.236. The number of aryl methyl sites for hydroxylation is 1. The Morgan fingerprint density at radius 2 is 1.83 bits per heavy atom. The van der Waals surface area contributed by atoms with Crippen molar-refractivity contribution in [3.8, 4) is 0 Å². The minimum absolute atomic E-state index is 0.0211. The average molecular weight is 494 g/mol. The van der Waals surface area contributed by atoms with Gasteiger partial charge in [0.05, 0.1) is 13.2 Å². The molecule has 2 heterocycles. The molecule has 1 N–H and O–H groups in total. The first-order chi connectivity index (χ1) is 17.0. The Kier molecular flexibility index (Phi) is 7.11. The summed E-state index contributed by atoms with van der Waals surface area (Å²) in [6, 6.07) is 15.5. The third kappa shape index (κ3) is 5.70. The van der Waals surface area contributed by atoms with Crippen LogP contribution < -0.4 is 5.32 Å². The van der Waals surface area contributed by atoms with Gasteiger partial charge in [0.15, 0.2) is 4.77 Å². The van der Waals surface area contributed by atoms with Crippen molar-refractivity contribution in [1.82, 2.24) is 24.6 Å². The maximum absolute atomic E-state index is 13.8. The molecular formula is C27H32FN5OS. The van der Waals surface area contributed by atoms with Crippen molar-refractivity contribution in [3.63, 3.8) is 0 Å². The highest BCUT2D eigenvalue weighted by Gasteiger charge is 2.31. The fourth-order valence-electron chi connectivity index (χ4n) is 4.71.